The van der Waals surface area contributed by atoms with Gasteiger partial charge in [-0.2, -0.15) is 16.3 Å². The minimum absolute atomic E-state index is 0.469. The van der Waals surface area contributed by atoms with Gasteiger partial charge in [-0.25, -0.2) is 0 Å². The summed E-state index contributed by atoms with van der Waals surface area (Å²) < 4.78 is 16.9. The van der Waals surface area contributed by atoms with E-state index in [4.69, 9.17) is 14.0 Å². The van der Waals surface area contributed by atoms with Crippen LogP contribution in [-0.2, 0) is 6.61 Å². The van der Waals surface area contributed by atoms with E-state index in [9.17, 15) is 0 Å². The number of benzene rings is 2. The van der Waals surface area contributed by atoms with Gasteiger partial charge >= 0.3 is 0 Å². The molecule has 0 aliphatic rings. The van der Waals surface area contributed by atoms with Gasteiger partial charge in [0.25, 0.3) is 0 Å². The molecule has 0 unspecified atom stereocenters. The third kappa shape index (κ3) is 3.75. The number of rotatable bonds is 6. The molecule has 0 atom stereocenters. The SMILES string of the molecule is Cc1cccc(Oc2cc(OCc3ccsc3)ccc2-c2ncon2)c1. The van der Waals surface area contributed by atoms with Gasteiger partial charge in [0.2, 0.25) is 12.2 Å². The van der Waals surface area contributed by atoms with E-state index in [1.807, 2.05) is 60.8 Å². The van der Waals surface area contributed by atoms with Gasteiger partial charge in [-0.1, -0.05) is 17.3 Å². The smallest absolute Gasteiger partial charge is 0.214 e. The molecule has 2 aromatic carbocycles. The standard InChI is InChI=1S/C20H16N2O3S/c1-14-3-2-4-17(9-14)25-19-10-16(23-11-15-7-8-26-12-15)5-6-18(19)20-21-13-24-22-20/h2-10,12-13H,11H2,1H3. The first kappa shape index (κ1) is 16.4. The fraction of sp³-hybridized carbons (Fsp3) is 0.100. The number of aryl methyl sites for hydroxylation is 1. The van der Waals surface area contributed by atoms with Crippen LogP contribution in [0, 0.1) is 6.92 Å². The van der Waals surface area contributed by atoms with Crippen molar-refractivity contribution in [2.45, 2.75) is 13.5 Å². The van der Waals surface area contributed by atoms with Crippen LogP contribution in [0.25, 0.3) is 11.4 Å². The summed E-state index contributed by atoms with van der Waals surface area (Å²) in [4.78, 5) is 4.13. The van der Waals surface area contributed by atoms with Crippen LogP contribution in [0.3, 0.4) is 0 Å². The Morgan fingerprint density at radius 1 is 1.08 bits per heavy atom. The van der Waals surface area contributed by atoms with E-state index < -0.39 is 0 Å². The molecular weight excluding hydrogens is 348 g/mol. The van der Waals surface area contributed by atoms with Crippen molar-refractivity contribution in [2.24, 2.45) is 0 Å². The normalized spacial score (nSPS) is 10.7. The number of hydrogen-bond acceptors (Lipinski definition) is 6. The van der Waals surface area contributed by atoms with Crippen LogP contribution < -0.4 is 9.47 Å². The third-order valence-corrected chi connectivity index (χ3v) is 4.49. The zero-order valence-corrected chi connectivity index (χ0v) is 14.9. The van der Waals surface area contributed by atoms with Gasteiger partial charge in [0.15, 0.2) is 0 Å². The highest BCUT2D eigenvalue weighted by Gasteiger charge is 2.13. The molecule has 2 aromatic heterocycles. The van der Waals surface area contributed by atoms with Gasteiger partial charge in [-0.3, -0.25) is 0 Å². The topological polar surface area (TPSA) is 57.4 Å². The quantitative estimate of drug-likeness (QED) is 0.453. The Kier molecular flexibility index (Phi) is 4.66. The zero-order valence-electron chi connectivity index (χ0n) is 14.1. The summed E-state index contributed by atoms with van der Waals surface area (Å²) in [5.74, 6) is 2.53. The van der Waals surface area contributed by atoms with Crippen molar-refractivity contribution in [3.8, 4) is 28.6 Å². The van der Waals surface area contributed by atoms with Crippen molar-refractivity contribution in [1.29, 1.82) is 0 Å². The minimum Gasteiger partial charge on any atom is -0.489 e. The van der Waals surface area contributed by atoms with Crippen LogP contribution in [0.5, 0.6) is 17.2 Å². The van der Waals surface area contributed by atoms with E-state index in [0.29, 0.717) is 23.9 Å². The molecule has 4 rings (SSSR count). The predicted octanol–water partition coefficient (Wildman–Crippen LogP) is 5.48. The van der Waals surface area contributed by atoms with Crippen LogP contribution in [0.2, 0.25) is 0 Å². The van der Waals surface area contributed by atoms with Gasteiger partial charge in [0.05, 0.1) is 5.56 Å². The first-order valence-electron chi connectivity index (χ1n) is 8.07. The summed E-state index contributed by atoms with van der Waals surface area (Å²) in [7, 11) is 0. The van der Waals surface area contributed by atoms with E-state index >= 15 is 0 Å². The Bertz CT molecular complexity index is 982. The summed E-state index contributed by atoms with van der Waals surface area (Å²) in [6.45, 7) is 2.53. The van der Waals surface area contributed by atoms with E-state index in [2.05, 4.69) is 15.5 Å². The molecule has 0 spiro atoms. The van der Waals surface area contributed by atoms with E-state index in [0.717, 1.165) is 22.4 Å². The van der Waals surface area contributed by atoms with Crippen molar-refractivity contribution >= 4 is 11.3 Å². The number of hydrogen-bond donors (Lipinski definition) is 0. The maximum atomic E-state index is 6.09. The maximum absolute atomic E-state index is 6.09. The van der Waals surface area contributed by atoms with Gasteiger partial charge in [0.1, 0.15) is 23.9 Å². The molecule has 26 heavy (non-hydrogen) atoms. The van der Waals surface area contributed by atoms with E-state index in [1.54, 1.807) is 11.3 Å². The molecule has 0 bridgehead atoms. The van der Waals surface area contributed by atoms with Crippen LogP contribution >= 0.6 is 11.3 Å². The maximum Gasteiger partial charge on any atom is 0.214 e. The lowest BCUT2D eigenvalue weighted by Crippen LogP contribution is -1.96. The van der Waals surface area contributed by atoms with Gasteiger partial charge in [-0.05, 0) is 59.1 Å². The number of thiophene rings is 1. The second kappa shape index (κ2) is 7.41. The summed E-state index contributed by atoms with van der Waals surface area (Å²) in [6, 6.07) is 15.5. The van der Waals surface area contributed by atoms with Crippen LogP contribution in [0.4, 0.5) is 0 Å². The van der Waals surface area contributed by atoms with Gasteiger partial charge in [0, 0.05) is 6.07 Å². The third-order valence-electron chi connectivity index (χ3n) is 3.76. The largest absolute Gasteiger partial charge is 0.489 e. The minimum atomic E-state index is 0.469. The molecule has 0 saturated carbocycles. The fourth-order valence-corrected chi connectivity index (χ4v) is 3.15. The Hall–Kier alpha value is -3.12. The molecule has 0 fully saturated rings. The highest BCUT2D eigenvalue weighted by atomic mass is 32.1. The number of ether oxygens (including phenoxy) is 2. The summed E-state index contributed by atoms with van der Waals surface area (Å²) >= 11 is 1.65. The Balaban J connectivity index is 1.64. The Morgan fingerprint density at radius 2 is 2.04 bits per heavy atom. The Morgan fingerprint density at radius 3 is 2.81 bits per heavy atom. The monoisotopic (exact) mass is 364 g/mol. The highest BCUT2D eigenvalue weighted by Crippen LogP contribution is 2.35. The van der Waals surface area contributed by atoms with Crippen LogP contribution in [0.15, 0.2) is 70.2 Å². The molecule has 0 radical (unpaired) electrons. The first-order chi connectivity index (χ1) is 12.8. The molecule has 6 heteroatoms. The van der Waals surface area contributed by atoms with E-state index in [1.165, 1.54) is 6.39 Å². The molecule has 0 amide bonds. The van der Waals surface area contributed by atoms with Crippen molar-refractivity contribution in [2.75, 3.05) is 0 Å². The lowest BCUT2D eigenvalue weighted by molar-refractivity contribution is 0.305. The molecule has 0 saturated heterocycles. The molecule has 2 heterocycles. The summed E-state index contributed by atoms with van der Waals surface area (Å²) in [5.41, 5.74) is 3.00. The highest BCUT2D eigenvalue weighted by molar-refractivity contribution is 7.07. The molecule has 4 aromatic rings. The second-order valence-electron chi connectivity index (χ2n) is 5.75. The second-order valence-corrected chi connectivity index (χ2v) is 6.53. The van der Waals surface area contributed by atoms with Crippen molar-refractivity contribution in [1.82, 2.24) is 10.1 Å². The van der Waals surface area contributed by atoms with Crippen LogP contribution in [-0.4, -0.2) is 10.1 Å². The van der Waals surface area contributed by atoms with E-state index in [-0.39, 0.29) is 0 Å². The average molecular weight is 364 g/mol. The summed E-state index contributed by atoms with van der Waals surface area (Å²) in [5, 5.41) is 8.02. The molecule has 0 aliphatic heterocycles. The molecule has 0 aliphatic carbocycles. The molecular formula is C20H16N2O3S. The van der Waals surface area contributed by atoms with Crippen LogP contribution in [0.1, 0.15) is 11.1 Å². The van der Waals surface area contributed by atoms with Gasteiger partial charge < -0.3 is 14.0 Å². The van der Waals surface area contributed by atoms with Crippen molar-refractivity contribution < 1.29 is 14.0 Å². The lowest BCUT2D eigenvalue weighted by Gasteiger charge is -2.12. The zero-order chi connectivity index (χ0) is 17.8. The fourth-order valence-electron chi connectivity index (χ4n) is 2.50. The summed E-state index contributed by atoms with van der Waals surface area (Å²) in [6.07, 6.45) is 1.30. The predicted molar refractivity (Wildman–Crippen MR) is 99.6 cm³/mol. The molecule has 5 nitrogen and oxygen atoms in total. The molecule has 0 N–H and O–H groups in total. The first-order valence-corrected chi connectivity index (χ1v) is 9.01. The number of nitrogens with zero attached hydrogens (tertiary/aromatic N) is 2. The Labute approximate surface area is 154 Å². The van der Waals surface area contributed by atoms with Gasteiger partial charge in [-0.15, -0.1) is 0 Å². The number of aromatic nitrogens is 2. The van der Waals surface area contributed by atoms with Crippen molar-refractivity contribution in [3.63, 3.8) is 0 Å². The average Bonchev–Trinajstić information content (AvgIpc) is 3.34. The lowest BCUT2D eigenvalue weighted by atomic mass is 10.1. The molecule has 130 valence electrons. The van der Waals surface area contributed by atoms with Crippen molar-refractivity contribution in [3.05, 3.63) is 76.8 Å².